The standard InChI is InChI=1S/C19H29FN4O/c1-2-23-9-11-24(12-10-23)18-8-3-14(13-17(18)20)19(25)22-16-6-4-15(21)5-7-16/h3,8,13,15-16H,2,4-7,9-12,21H2,1H3,(H,22,25). The molecule has 3 rings (SSSR count). The predicted molar refractivity (Wildman–Crippen MR) is 98.4 cm³/mol. The Bertz CT molecular complexity index is 593. The molecule has 1 aliphatic heterocycles. The number of amides is 1. The molecule has 1 saturated heterocycles. The van der Waals surface area contributed by atoms with Crippen molar-refractivity contribution in [1.29, 1.82) is 0 Å². The van der Waals surface area contributed by atoms with Gasteiger partial charge >= 0.3 is 0 Å². The van der Waals surface area contributed by atoms with Crippen LogP contribution in [0, 0.1) is 5.82 Å². The number of benzene rings is 1. The van der Waals surface area contributed by atoms with E-state index in [0.29, 0.717) is 11.3 Å². The average molecular weight is 348 g/mol. The fraction of sp³-hybridized carbons (Fsp3) is 0.632. The lowest BCUT2D eigenvalue weighted by Gasteiger charge is -2.35. The Morgan fingerprint density at radius 1 is 1.20 bits per heavy atom. The van der Waals surface area contributed by atoms with Gasteiger partial charge in [-0.25, -0.2) is 4.39 Å². The molecule has 2 aliphatic rings. The van der Waals surface area contributed by atoms with Crippen molar-refractivity contribution >= 4 is 11.6 Å². The van der Waals surface area contributed by atoms with Crippen LogP contribution in [-0.2, 0) is 0 Å². The summed E-state index contributed by atoms with van der Waals surface area (Å²) < 4.78 is 14.6. The van der Waals surface area contributed by atoms with E-state index in [0.717, 1.165) is 58.4 Å². The molecule has 25 heavy (non-hydrogen) atoms. The van der Waals surface area contributed by atoms with Crippen LogP contribution < -0.4 is 16.0 Å². The molecule has 1 amide bonds. The third-order valence-electron chi connectivity index (χ3n) is 5.48. The SMILES string of the molecule is CCN1CCN(c2ccc(C(=O)NC3CCC(N)CC3)cc2F)CC1. The Balaban J connectivity index is 1.60. The van der Waals surface area contributed by atoms with Gasteiger partial charge in [0.25, 0.3) is 5.91 Å². The number of rotatable bonds is 4. The molecule has 1 saturated carbocycles. The van der Waals surface area contributed by atoms with Gasteiger partial charge < -0.3 is 20.9 Å². The number of halogens is 1. The second kappa shape index (κ2) is 8.15. The maximum absolute atomic E-state index is 14.6. The molecular weight excluding hydrogens is 319 g/mol. The van der Waals surface area contributed by atoms with E-state index in [-0.39, 0.29) is 23.8 Å². The van der Waals surface area contributed by atoms with Gasteiger partial charge in [0, 0.05) is 43.8 Å². The summed E-state index contributed by atoms with van der Waals surface area (Å²) >= 11 is 0. The predicted octanol–water partition coefficient (Wildman–Crippen LogP) is 1.97. The molecule has 0 bridgehead atoms. The number of nitrogens with zero attached hydrogens (tertiary/aromatic N) is 2. The average Bonchev–Trinajstić information content (AvgIpc) is 2.63. The van der Waals surface area contributed by atoms with Crippen molar-refractivity contribution < 1.29 is 9.18 Å². The number of carbonyl (C=O) groups is 1. The highest BCUT2D eigenvalue weighted by molar-refractivity contribution is 5.94. The monoisotopic (exact) mass is 348 g/mol. The minimum atomic E-state index is -0.316. The minimum Gasteiger partial charge on any atom is -0.367 e. The first-order chi connectivity index (χ1) is 12.1. The van der Waals surface area contributed by atoms with Gasteiger partial charge in [-0.2, -0.15) is 0 Å². The van der Waals surface area contributed by atoms with Crippen LogP contribution in [-0.4, -0.2) is 55.6 Å². The number of hydrogen-bond donors (Lipinski definition) is 2. The smallest absolute Gasteiger partial charge is 0.251 e. The first kappa shape index (κ1) is 18.1. The van der Waals surface area contributed by atoms with Crippen LogP contribution in [0.1, 0.15) is 43.0 Å². The topological polar surface area (TPSA) is 61.6 Å². The van der Waals surface area contributed by atoms with Crippen molar-refractivity contribution in [1.82, 2.24) is 10.2 Å². The molecule has 3 N–H and O–H groups in total. The summed E-state index contributed by atoms with van der Waals surface area (Å²) in [5.74, 6) is -0.509. The summed E-state index contributed by atoms with van der Waals surface area (Å²) in [5.41, 5.74) is 6.88. The van der Waals surface area contributed by atoms with Crippen LogP contribution in [0.3, 0.4) is 0 Å². The molecule has 0 atom stereocenters. The van der Waals surface area contributed by atoms with Crippen LogP contribution in [0.15, 0.2) is 18.2 Å². The van der Waals surface area contributed by atoms with E-state index in [1.54, 1.807) is 12.1 Å². The molecule has 6 heteroatoms. The quantitative estimate of drug-likeness (QED) is 0.873. The molecule has 1 aliphatic carbocycles. The summed E-state index contributed by atoms with van der Waals surface area (Å²) in [7, 11) is 0. The summed E-state index contributed by atoms with van der Waals surface area (Å²) in [6.45, 7) is 6.70. The number of carbonyl (C=O) groups excluding carboxylic acids is 1. The van der Waals surface area contributed by atoms with Crippen LogP contribution in [0.4, 0.5) is 10.1 Å². The van der Waals surface area contributed by atoms with Gasteiger partial charge in [0.05, 0.1) is 5.69 Å². The van der Waals surface area contributed by atoms with Crippen LogP contribution in [0.2, 0.25) is 0 Å². The molecule has 0 unspecified atom stereocenters. The van der Waals surface area contributed by atoms with Crippen LogP contribution in [0.5, 0.6) is 0 Å². The zero-order valence-corrected chi connectivity index (χ0v) is 15.0. The zero-order chi connectivity index (χ0) is 17.8. The maximum atomic E-state index is 14.6. The van der Waals surface area contributed by atoms with Gasteiger partial charge in [-0.1, -0.05) is 6.92 Å². The second-order valence-corrected chi connectivity index (χ2v) is 7.17. The van der Waals surface area contributed by atoms with Crippen molar-refractivity contribution in [3.05, 3.63) is 29.6 Å². The maximum Gasteiger partial charge on any atom is 0.251 e. The van der Waals surface area contributed by atoms with E-state index >= 15 is 0 Å². The van der Waals surface area contributed by atoms with E-state index in [1.165, 1.54) is 6.07 Å². The van der Waals surface area contributed by atoms with Crippen molar-refractivity contribution in [2.75, 3.05) is 37.6 Å². The Hall–Kier alpha value is -1.66. The van der Waals surface area contributed by atoms with Crippen LogP contribution >= 0.6 is 0 Å². The number of nitrogens with one attached hydrogen (secondary N) is 1. The second-order valence-electron chi connectivity index (χ2n) is 7.17. The lowest BCUT2D eigenvalue weighted by atomic mass is 9.91. The van der Waals surface area contributed by atoms with Gasteiger partial charge in [-0.15, -0.1) is 0 Å². The highest BCUT2D eigenvalue weighted by atomic mass is 19.1. The van der Waals surface area contributed by atoms with E-state index in [2.05, 4.69) is 22.0 Å². The molecule has 1 aromatic rings. The van der Waals surface area contributed by atoms with Crippen molar-refractivity contribution in [3.63, 3.8) is 0 Å². The lowest BCUT2D eigenvalue weighted by Crippen LogP contribution is -2.46. The Kier molecular flexibility index (Phi) is 5.91. The van der Waals surface area contributed by atoms with Crippen molar-refractivity contribution in [2.24, 2.45) is 5.73 Å². The van der Waals surface area contributed by atoms with E-state index in [9.17, 15) is 9.18 Å². The number of nitrogens with two attached hydrogens (primary N) is 1. The first-order valence-electron chi connectivity index (χ1n) is 9.40. The van der Waals surface area contributed by atoms with Crippen LogP contribution in [0.25, 0.3) is 0 Å². The first-order valence-corrected chi connectivity index (χ1v) is 9.40. The number of hydrogen-bond acceptors (Lipinski definition) is 4. The third-order valence-corrected chi connectivity index (χ3v) is 5.48. The molecule has 0 radical (unpaired) electrons. The molecule has 5 nitrogen and oxygen atoms in total. The highest BCUT2D eigenvalue weighted by Crippen LogP contribution is 2.23. The van der Waals surface area contributed by atoms with Gasteiger partial charge in [-0.3, -0.25) is 4.79 Å². The Morgan fingerprint density at radius 2 is 1.88 bits per heavy atom. The minimum absolute atomic E-state index is 0.150. The van der Waals surface area contributed by atoms with E-state index < -0.39 is 0 Å². The summed E-state index contributed by atoms with van der Waals surface area (Å²) in [6.07, 6.45) is 3.66. The summed E-state index contributed by atoms with van der Waals surface area (Å²) in [4.78, 5) is 16.8. The number of piperazine rings is 1. The third kappa shape index (κ3) is 4.50. The molecule has 2 fully saturated rings. The number of likely N-dealkylation sites (N-methyl/N-ethyl adjacent to an activating group) is 1. The largest absolute Gasteiger partial charge is 0.367 e. The Labute approximate surface area is 149 Å². The molecule has 0 aromatic heterocycles. The summed E-state index contributed by atoms with van der Waals surface area (Å²) in [5, 5.41) is 3.01. The molecule has 1 heterocycles. The van der Waals surface area contributed by atoms with Gasteiger partial charge in [0.1, 0.15) is 5.82 Å². The zero-order valence-electron chi connectivity index (χ0n) is 15.0. The lowest BCUT2D eigenvalue weighted by molar-refractivity contribution is 0.0925. The van der Waals surface area contributed by atoms with E-state index in [4.69, 9.17) is 5.73 Å². The molecule has 1 aromatic carbocycles. The normalized spacial score (nSPS) is 25.0. The van der Waals surface area contributed by atoms with Gasteiger partial charge in [0.15, 0.2) is 0 Å². The molecule has 0 spiro atoms. The Morgan fingerprint density at radius 3 is 2.48 bits per heavy atom. The van der Waals surface area contributed by atoms with Crippen molar-refractivity contribution in [2.45, 2.75) is 44.7 Å². The molecular formula is C19H29FN4O. The summed E-state index contributed by atoms with van der Waals surface area (Å²) in [6, 6.07) is 5.23. The fourth-order valence-electron chi connectivity index (χ4n) is 3.74. The van der Waals surface area contributed by atoms with Gasteiger partial charge in [0.2, 0.25) is 0 Å². The number of anilines is 1. The van der Waals surface area contributed by atoms with Crippen molar-refractivity contribution in [3.8, 4) is 0 Å². The van der Waals surface area contributed by atoms with E-state index in [1.807, 2.05) is 0 Å². The van der Waals surface area contributed by atoms with Gasteiger partial charge in [-0.05, 0) is 50.4 Å². The highest BCUT2D eigenvalue weighted by Gasteiger charge is 2.22. The molecule has 138 valence electrons. The fourth-order valence-corrected chi connectivity index (χ4v) is 3.74.